The van der Waals surface area contributed by atoms with E-state index in [1.54, 1.807) is 4.90 Å². The number of piperazine rings is 1. The Kier molecular flexibility index (Phi) is 6.64. The molecule has 3 amide bonds. The lowest BCUT2D eigenvalue weighted by molar-refractivity contribution is -0.148. The lowest BCUT2D eigenvalue weighted by atomic mass is 10.1. The van der Waals surface area contributed by atoms with E-state index in [0.717, 1.165) is 16.3 Å². The average molecular weight is 415 g/mol. The maximum absolute atomic E-state index is 12.6. The van der Waals surface area contributed by atoms with Gasteiger partial charge in [0, 0.05) is 43.2 Å². The topological polar surface area (TPSA) is 82.6 Å². The van der Waals surface area contributed by atoms with Gasteiger partial charge < -0.3 is 15.1 Å². The van der Waals surface area contributed by atoms with Gasteiger partial charge in [0.2, 0.25) is 5.91 Å². The Balaban J connectivity index is 1.53. The molecular formula is C21H26N4O3S. The number of benzene rings is 1. The summed E-state index contributed by atoms with van der Waals surface area (Å²) >= 11 is 1.53. The minimum absolute atomic E-state index is 0.00942. The van der Waals surface area contributed by atoms with Crippen molar-refractivity contribution >= 4 is 29.1 Å². The summed E-state index contributed by atoms with van der Waals surface area (Å²) in [6, 6.07) is 8.05. The maximum Gasteiger partial charge on any atom is 0.312 e. The first-order chi connectivity index (χ1) is 13.8. The highest BCUT2D eigenvalue weighted by Gasteiger charge is 2.28. The van der Waals surface area contributed by atoms with Crippen LogP contribution in [0.3, 0.4) is 0 Å². The van der Waals surface area contributed by atoms with Gasteiger partial charge in [0.1, 0.15) is 5.01 Å². The van der Waals surface area contributed by atoms with Crippen molar-refractivity contribution in [1.82, 2.24) is 20.1 Å². The number of hydrogen-bond acceptors (Lipinski definition) is 5. The molecule has 1 fully saturated rings. The molecule has 0 spiro atoms. The molecule has 2 aromatic rings. The SMILES string of the molecule is Cc1cccc(-c2nc(CC(=O)N3CCN(C(=O)C(=O)NC(C)C)CC3)cs2)c1. The molecule has 0 saturated carbocycles. The van der Waals surface area contributed by atoms with Gasteiger partial charge in [0.25, 0.3) is 0 Å². The van der Waals surface area contributed by atoms with Gasteiger partial charge in [0.15, 0.2) is 0 Å². The Labute approximate surface area is 174 Å². The van der Waals surface area contributed by atoms with Crippen LogP contribution in [0.2, 0.25) is 0 Å². The molecule has 1 saturated heterocycles. The fraction of sp³-hybridized carbons (Fsp3) is 0.429. The Morgan fingerprint density at radius 2 is 1.83 bits per heavy atom. The van der Waals surface area contributed by atoms with Crippen LogP contribution in [0.4, 0.5) is 0 Å². The number of nitrogens with zero attached hydrogens (tertiary/aromatic N) is 3. The van der Waals surface area contributed by atoms with Crippen molar-refractivity contribution < 1.29 is 14.4 Å². The molecule has 0 unspecified atom stereocenters. The van der Waals surface area contributed by atoms with Gasteiger partial charge >= 0.3 is 11.8 Å². The van der Waals surface area contributed by atoms with Crippen LogP contribution in [0.15, 0.2) is 29.6 Å². The molecule has 0 radical (unpaired) electrons. The number of nitrogens with one attached hydrogen (secondary N) is 1. The number of amides is 3. The van der Waals surface area contributed by atoms with Crippen LogP contribution in [0.25, 0.3) is 10.6 Å². The van der Waals surface area contributed by atoms with Crippen molar-refractivity contribution in [3.05, 3.63) is 40.9 Å². The van der Waals surface area contributed by atoms with E-state index in [1.807, 2.05) is 44.4 Å². The molecule has 1 aliphatic rings. The van der Waals surface area contributed by atoms with E-state index < -0.39 is 11.8 Å². The smallest absolute Gasteiger partial charge is 0.312 e. The highest BCUT2D eigenvalue weighted by molar-refractivity contribution is 7.13. The van der Waals surface area contributed by atoms with E-state index in [0.29, 0.717) is 26.2 Å². The molecule has 0 atom stereocenters. The zero-order valence-corrected chi connectivity index (χ0v) is 17.8. The molecule has 0 bridgehead atoms. The summed E-state index contributed by atoms with van der Waals surface area (Å²) < 4.78 is 0. The van der Waals surface area contributed by atoms with Crippen LogP contribution in [0, 0.1) is 6.92 Å². The second-order valence-corrected chi connectivity index (χ2v) is 8.35. The molecule has 1 N–H and O–H groups in total. The first-order valence-corrected chi connectivity index (χ1v) is 10.6. The average Bonchev–Trinajstić information content (AvgIpc) is 3.15. The van der Waals surface area contributed by atoms with E-state index >= 15 is 0 Å². The number of aromatic nitrogens is 1. The highest BCUT2D eigenvalue weighted by atomic mass is 32.1. The van der Waals surface area contributed by atoms with Gasteiger partial charge in [0.05, 0.1) is 12.1 Å². The predicted molar refractivity (Wildman–Crippen MR) is 112 cm³/mol. The normalized spacial score (nSPS) is 14.2. The fourth-order valence-electron chi connectivity index (χ4n) is 3.19. The minimum atomic E-state index is -0.592. The summed E-state index contributed by atoms with van der Waals surface area (Å²) in [5, 5.41) is 5.44. The number of carbonyl (C=O) groups excluding carboxylic acids is 3. The standard InChI is InChI=1S/C21H26N4O3S/c1-14(2)22-19(27)21(28)25-9-7-24(8-10-25)18(26)12-17-13-29-20(23-17)16-6-4-5-15(3)11-16/h4-6,11,13-14H,7-10,12H2,1-3H3,(H,22,27). The molecule has 1 aromatic heterocycles. The summed E-state index contributed by atoms with van der Waals surface area (Å²) in [5.74, 6) is -1.14. The van der Waals surface area contributed by atoms with Gasteiger partial charge in [-0.25, -0.2) is 4.98 Å². The van der Waals surface area contributed by atoms with Crippen LogP contribution in [-0.4, -0.2) is 64.7 Å². The fourth-order valence-corrected chi connectivity index (χ4v) is 4.01. The largest absolute Gasteiger partial charge is 0.346 e. The molecule has 1 aliphatic heterocycles. The Bertz CT molecular complexity index is 901. The molecule has 29 heavy (non-hydrogen) atoms. The number of hydrogen-bond donors (Lipinski definition) is 1. The van der Waals surface area contributed by atoms with Gasteiger partial charge in [-0.1, -0.05) is 23.8 Å². The molecular weight excluding hydrogens is 388 g/mol. The van der Waals surface area contributed by atoms with E-state index in [1.165, 1.54) is 21.8 Å². The number of carbonyl (C=O) groups is 3. The molecule has 2 heterocycles. The van der Waals surface area contributed by atoms with Gasteiger partial charge in [-0.3, -0.25) is 14.4 Å². The summed E-state index contributed by atoms with van der Waals surface area (Å²) in [6.07, 6.45) is 0.240. The van der Waals surface area contributed by atoms with Crippen molar-refractivity contribution in [3.63, 3.8) is 0 Å². The first kappa shape index (κ1) is 21.0. The van der Waals surface area contributed by atoms with Gasteiger partial charge in [-0.05, 0) is 26.8 Å². The van der Waals surface area contributed by atoms with Crippen molar-refractivity contribution in [1.29, 1.82) is 0 Å². The Morgan fingerprint density at radius 1 is 1.14 bits per heavy atom. The monoisotopic (exact) mass is 414 g/mol. The Hall–Kier alpha value is -2.74. The zero-order chi connectivity index (χ0) is 21.0. The zero-order valence-electron chi connectivity index (χ0n) is 17.0. The van der Waals surface area contributed by atoms with Gasteiger partial charge in [-0.15, -0.1) is 11.3 Å². The highest BCUT2D eigenvalue weighted by Crippen LogP contribution is 2.24. The second kappa shape index (κ2) is 9.17. The van der Waals surface area contributed by atoms with E-state index in [-0.39, 0.29) is 18.4 Å². The Morgan fingerprint density at radius 3 is 2.48 bits per heavy atom. The summed E-state index contributed by atoms with van der Waals surface area (Å²) in [6.45, 7) is 7.24. The third-order valence-corrected chi connectivity index (χ3v) is 5.62. The third-order valence-electron chi connectivity index (χ3n) is 4.68. The minimum Gasteiger partial charge on any atom is -0.346 e. The van der Waals surface area contributed by atoms with E-state index in [4.69, 9.17) is 0 Å². The molecule has 3 rings (SSSR count). The third kappa shape index (κ3) is 5.41. The molecule has 1 aromatic carbocycles. The second-order valence-electron chi connectivity index (χ2n) is 7.49. The number of aryl methyl sites for hydroxylation is 1. The van der Waals surface area contributed by atoms with Crippen molar-refractivity contribution in [2.75, 3.05) is 26.2 Å². The lowest BCUT2D eigenvalue weighted by Crippen LogP contribution is -2.54. The van der Waals surface area contributed by atoms with Gasteiger partial charge in [-0.2, -0.15) is 0 Å². The number of rotatable bonds is 4. The maximum atomic E-state index is 12.6. The predicted octanol–water partition coefficient (Wildman–Crippen LogP) is 1.86. The van der Waals surface area contributed by atoms with Crippen LogP contribution in [0.1, 0.15) is 25.1 Å². The molecule has 154 valence electrons. The van der Waals surface area contributed by atoms with Crippen molar-refractivity contribution in [2.45, 2.75) is 33.2 Å². The van der Waals surface area contributed by atoms with Crippen molar-refractivity contribution in [2.24, 2.45) is 0 Å². The van der Waals surface area contributed by atoms with Crippen LogP contribution in [-0.2, 0) is 20.8 Å². The van der Waals surface area contributed by atoms with Crippen LogP contribution >= 0.6 is 11.3 Å². The quantitative estimate of drug-likeness (QED) is 0.774. The molecule has 0 aliphatic carbocycles. The summed E-state index contributed by atoms with van der Waals surface area (Å²) in [7, 11) is 0. The summed E-state index contributed by atoms with van der Waals surface area (Å²) in [5.41, 5.74) is 2.98. The molecule has 7 nitrogen and oxygen atoms in total. The lowest BCUT2D eigenvalue weighted by Gasteiger charge is -2.34. The van der Waals surface area contributed by atoms with Crippen molar-refractivity contribution in [3.8, 4) is 10.6 Å². The van der Waals surface area contributed by atoms with E-state index in [2.05, 4.69) is 16.4 Å². The molecule has 8 heteroatoms. The van der Waals surface area contributed by atoms with Crippen LogP contribution < -0.4 is 5.32 Å². The summed E-state index contributed by atoms with van der Waals surface area (Å²) in [4.78, 5) is 44.5. The number of thiazole rings is 1. The van der Waals surface area contributed by atoms with Crippen LogP contribution in [0.5, 0.6) is 0 Å². The van der Waals surface area contributed by atoms with E-state index in [9.17, 15) is 14.4 Å². The first-order valence-electron chi connectivity index (χ1n) is 9.72.